The maximum Gasteiger partial charge on any atom is 0.341 e. The molecule has 0 spiro atoms. The van der Waals surface area contributed by atoms with Crippen LogP contribution in [-0.2, 0) is 4.74 Å². The summed E-state index contributed by atoms with van der Waals surface area (Å²) in [6.07, 6.45) is 1.60. The Bertz CT molecular complexity index is 1310. The summed E-state index contributed by atoms with van der Waals surface area (Å²) in [6, 6.07) is 16.6. The van der Waals surface area contributed by atoms with Crippen LogP contribution >= 0.6 is 0 Å². The second-order valence-electron chi connectivity index (χ2n) is 7.16. The lowest BCUT2D eigenvalue weighted by Crippen LogP contribution is -2.21. The SMILES string of the molecule is CCOC(=O)c1c(C)nn(-c2ncccc2NC(=O)Nc2cccc3ccccc23)c1C. The standard InChI is InChI=1S/C24H23N5O3/c1-4-32-23(30)21-15(2)28-29(16(21)3)22-20(13-8-14-25-22)27-24(31)26-19-12-7-10-17-9-5-6-11-18(17)19/h5-14H,4H2,1-3H3,(H2,26,27,31). The number of hydrogen-bond donors (Lipinski definition) is 2. The molecule has 0 saturated heterocycles. The van der Waals surface area contributed by atoms with Gasteiger partial charge in [-0.05, 0) is 44.4 Å². The first-order chi connectivity index (χ1) is 15.5. The van der Waals surface area contributed by atoms with Crippen molar-refractivity contribution in [2.24, 2.45) is 0 Å². The molecule has 0 bridgehead atoms. The van der Waals surface area contributed by atoms with Crippen LogP contribution in [0.4, 0.5) is 16.2 Å². The molecule has 2 aromatic heterocycles. The van der Waals surface area contributed by atoms with Crippen LogP contribution in [-0.4, -0.2) is 33.4 Å². The quantitative estimate of drug-likeness (QED) is 0.442. The number of hydrogen-bond acceptors (Lipinski definition) is 5. The van der Waals surface area contributed by atoms with E-state index in [-0.39, 0.29) is 6.61 Å². The van der Waals surface area contributed by atoms with Crippen molar-refractivity contribution in [2.45, 2.75) is 20.8 Å². The topological polar surface area (TPSA) is 98.1 Å². The van der Waals surface area contributed by atoms with Gasteiger partial charge in [-0.15, -0.1) is 0 Å². The van der Waals surface area contributed by atoms with Gasteiger partial charge in [-0.2, -0.15) is 5.10 Å². The number of anilines is 2. The lowest BCUT2D eigenvalue weighted by molar-refractivity contribution is 0.0524. The fourth-order valence-electron chi connectivity index (χ4n) is 3.62. The van der Waals surface area contributed by atoms with Crippen LogP contribution < -0.4 is 10.6 Å². The van der Waals surface area contributed by atoms with E-state index in [1.54, 1.807) is 39.1 Å². The molecule has 0 atom stereocenters. The zero-order valence-corrected chi connectivity index (χ0v) is 18.0. The van der Waals surface area contributed by atoms with E-state index in [4.69, 9.17) is 4.74 Å². The predicted octanol–water partition coefficient (Wildman–Crippen LogP) is 4.86. The number of amides is 2. The summed E-state index contributed by atoms with van der Waals surface area (Å²) in [5.41, 5.74) is 2.64. The number of pyridine rings is 1. The molecule has 2 aromatic carbocycles. The Balaban J connectivity index is 1.63. The van der Waals surface area contributed by atoms with Gasteiger partial charge in [0.2, 0.25) is 0 Å². The van der Waals surface area contributed by atoms with Gasteiger partial charge in [-0.1, -0.05) is 36.4 Å². The molecule has 0 aliphatic carbocycles. The number of urea groups is 1. The van der Waals surface area contributed by atoms with Crippen molar-refractivity contribution >= 4 is 34.1 Å². The molecular formula is C24H23N5O3. The number of fused-ring (bicyclic) bond motifs is 1. The molecule has 0 aliphatic rings. The number of aromatic nitrogens is 3. The highest BCUT2D eigenvalue weighted by atomic mass is 16.5. The van der Waals surface area contributed by atoms with Crippen molar-refractivity contribution in [1.29, 1.82) is 0 Å². The molecule has 0 unspecified atom stereocenters. The minimum atomic E-state index is -0.437. The normalized spacial score (nSPS) is 10.7. The largest absolute Gasteiger partial charge is 0.462 e. The van der Waals surface area contributed by atoms with Gasteiger partial charge in [0.1, 0.15) is 5.56 Å². The summed E-state index contributed by atoms with van der Waals surface area (Å²) < 4.78 is 6.68. The van der Waals surface area contributed by atoms with Crippen molar-refractivity contribution in [1.82, 2.24) is 14.8 Å². The van der Waals surface area contributed by atoms with Gasteiger partial charge in [0.05, 0.1) is 29.4 Å². The number of nitrogens with one attached hydrogen (secondary N) is 2. The average molecular weight is 429 g/mol. The smallest absolute Gasteiger partial charge is 0.341 e. The van der Waals surface area contributed by atoms with Crippen molar-refractivity contribution in [2.75, 3.05) is 17.2 Å². The number of carbonyl (C=O) groups is 2. The third-order valence-electron chi connectivity index (χ3n) is 5.04. The first kappa shape index (κ1) is 21.0. The Labute approximate surface area is 185 Å². The van der Waals surface area contributed by atoms with Crippen molar-refractivity contribution < 1.29 is 14.3 Å². The van der Waals surface area contributed by atoms with E-state index in [1.165, 1.54) is 4.68 Å². The van der Waals surface area contributed by atoms with Crippen LogP contribution in [0.15, 0.2) is 60.8 Å². The minimum Gasteiger partial charge on any atom is -0.462 e. The molecule has 8 heteroatoms. The summed E-state index contributed by atoms with van der Waals surface area (Å²) in [5.74, 6) is -0.0374. The number of benzene rings is 2. The van der Waals surface area contributed by atoms with Gasteiger partial charge in [0.25, 0.3) is 0 Å². The maximum absolute atomic E-state index is 12.8. The molecule has 0 aliphatic heterocycles. The van der Waals surface area contributed by atoms with Crippen LogP contribution in [0.25, 0.3) is 16.6 Å². The highest BCUT2D eigenvalue weighted by Crippen LogP contribution is 2.25. The van der Waals surface area contributed by atoms with Crippen LogP contribution in [0.1, 0.15) is 28.7 Å². The van der Waals surface area contributed by atoms with Crippen molar-refractivity contribution in [3.63, 3.8) is 0 Å². The molecule has 2 heterocycles. The first-order valence-electron chi connectivity index (χ1n) is 10.2. The van der Waals surface area contributed by atoms with Gasteiger partial charge in [0, 0.05) is 11.6 Å². The van der Waals surface area contributed by atoms with Crippen LogP contribution in [0.3, 0.4) is 0 Å². The van der Waals surface area contributed by atoms with E-state index in [0.717, 1.165) is 10.8 Å². The van der Waals surface area contributed by atoms with Gasteiger partial charge in [-0.25, -0.2) is 19.3 Å². The van der Waals surface area contributed by atoms with E-state index >= 15 is 0 Å². The maximum atomic E-state index is 12.8. The average Bonchev–Trinajstić information content (AvgIpc) is 3.08. The summed E-state index contributed by atoms with van der Waals surface area (Å²) in [6.45, 7) is 5.52. The molecule has 32 heavy (non-hydrogen) atoms. The zero-order chi connectivity index (χ0) is 22.7. The van der Waals surface area contributed by atoms with Crippen molar-refractivity contribution in [3.05, 3.63) is 77.7 Å². The molecule has 2 amide bonds. The first-order valence-corrected chi connectivity index (χ1v) is 10.2. The molecule has 0 saturated carbocycles. The highest BCUT2D eigenvalue weighted by molar-refractivity contribution is 6.06. The second kappa shape index (κ2) is 8.89. The van der Waals surface area contributed by atoms with Crippen LogP contribution in [0.5, 0.6) is 0 Å². The van der Waals surface area contributed by atoms with Crippen LogP contribution in [0.2, 0.25) is 0 Å². The predicted molar refractivity (Wildman–Crippen MR) is 123 cm³/mol. The highest BCUT2D eigenvalue weighted by Gasteiger charge is 2.22. The lowest BCUT2D eigenvalue weighted by Gasteiger charge is -2.13. The number of nitrogens with zero attached hydrogens (tertiary/aromatic N) is 3. The molecule has 2 N–H and O–H groups in total. The number of carbonyl (C=O) groups excluding carboxylic acids is 2. The van der Waals surface area contributed by atoms with E-state index in [0.29, 0.717) is 34.1 Å². The number of rotatable bonds is 5. The summed E-state index contributed by atoms with van der Waals surface area (Å²) >= 11 is 0. The summed E-state index contributed by atoms with van der Waals surface area (Å²) in [4.78, 5) is 29.5. The molecule has 4 aromatic rings. The monoisotopic (exact) mass is 429 g/mol. The Kier molecular flexibility index (Phi) is 5.85. The van der Waals surface area contributed by atoms with E-state index < -0.39 is 12.0 Å². The third-order valence-corrected chi connectivity index (χ3v) is 5.04. The van der Waals surface area contributed by atoms with Crippen LogP contribution in [0, 0.1) is 13.8 Å². The molecule has 4 rings (SSSR count). The fourth-order valence-corrected chi connectivity index (χ4v) is 3.62. The van der Waals surface area contributed by atoms with E-state index in [9.17, 15) is 9.59 Å². The van der Waals surface area contributed by atoms with Gasteiger partial charge < -0.3 is 15.4 Å². The fraction of sp³-hybridized carbons (Fsp3) is 0.167. The van der Waals surface area contributed by atoms with Crippen molar-refractivity contribution in [3.8, 4) is 5.82 Å². The molecular weight excluding hydrogens is 406 g/mol. The third kappa shape index (κ3) is 4.02. The second-order valence-corrected chi connectivity index (χ2v) is 7.16. The summed E-state index contributed by atoms with van der Waals surface area (Å²) in [5, 5.41) is 12.2. The van der Waals surface area contributed by atoms with E-state index in [2.05, 4.69) is 20.7 Å². The van der Waals surface area contributed by atoms with Gasteiger partial charge in [-0.3, -0.25) is 0 Å². The molecule has 162 valence electrons. The Morgan fingerprint density at radius 2 is 1.69 bits per heavy atom. The van der Waals surface area contributed by atoms with Gasteiger partial charge in [0.15, 0.2) is 5.82 Å². The molecule has 0 fully saturated rings. The minimum absolute atomic E-state index is 0.271. The van der Waals surface area contributed by atoms with Gasteiger partial charge >= 0.3 is 12.0 Å². The number of esters is 1. The Hall–Kier alpha value is -4.20. The Morgan fingerprint density at radius 1 is 0.969 bits per heavy atom. The molecule has 8 nitrogen and oxygen atoms in total. The number of ether oxygens (including phenoxy) is 1. The van der Waals surface area contributed by atoms with E-state index in [1.807, 2.05) is 42.5 Å². The lowest BCUT2D eigenvalue weighted by atomic mass is 10.1. The Morgan fingerprint density at radius 3 is 2.50 bits per heavy atom. The molecule has 0 radical (unpaired) electrons. The number of aryl methyl sites for hydroxylation is 1. The summed E-state index contributed by atoms with van der Waals surface area (Å²) in [7, 11) is 0. The zero-order valence-electron chi connectivity index (χ0n) is 18.0.